The summed E-state index contributed by atoms with van der Waals surface area (Å²) in [6.07, 6.45) is 7.19. The minimum Gasteiger partial charge on any atom is -0.504 e. The van der Waals surface area contributed by atoms with Gasteiger partial charge in [0.2, 0.25) is 5.78 Å². The van der Waals surface area contributed by atoms with Crippen molar-refractivity contribution in [1.82, 2.24) is 0 Å². The smallest absolute Gasteiger partial charge is 0.223 e. The van der Waals surface area contributed by atoms with Crippen LogP contribution >= 0.6 is 0 Å². The first-order valence-electron chi connectivity index (χ1n) is 6.20. The van der Waals surface area contributed by atoms with Gasteiger partial charge < -0.3 is 5.11 Å². The molecule has 0 aromatic heterocycles. The Labute approximate surface area is 102 Å². The fourth-order valence-electron chi connectivity index (χ4n) is 1.87. The second kappa shape index (κ2) is 6.38. The van der Waals surface area contributed by atoms with E-state index in [4.69, 9.17) is 0 Å². The van der Waals surface area contributed by atoms with E-state index in [0.29, 0.717) is 17.9 Å². The molecule has 0 saturated heterocycles. The van der Waals surface area contributed by atoms with E-state index < -0.39 is 11.5 Å². The van der Waals surface area contributed by atoms with Crippen LogP contribution in [0.3, 0.4) is 0 Å². The van der Waals surface area contributed by atoms with E-state index in [1.165, 1.54) is 12.5 Å². The third kappa shape index (κ3) is 4.55. The van der Waals surface area contributed by atoms with Gasteiger partial charge in [-0.05, 0) is 24.8 Å². The van der Waals surface area contributed by atoms with Crippen molar-refractivity contribution >= 4 is 11.6 Å². The number of rotatable bonds is 6. The minimum absolute atomic E-state index is 0.292. The predicted molar refractivity (Wildman–Crippen MR) is 66.7 cm³/mol. The number of hydrogen-bond acceptors (Lipinski definition) is 3. The topological polar surface area (TPSA) is 54.4 Å². The van der Waals surface area contributed by atoms with Crippen LogP contribution in [0.1, 0.15) is 46.0 Å². The van der Waals surface area contributed by atoms with Gasteiger partial charge >= 0.3 is 0 Å². The quantitative estimate of drug-likeness (QED) is 0.569. The van der Waals surface area contributed by atoms with E-state index in [0.717, 1.165) is 25.3 Å². The maximum atomic E-state index is 11.5. The average Bonchev–Trinajstić information content (AvgIpc) is 2.23. The van der Waals surface area contributed by atoms with Crippen LogP contribution in [0.15, 0.2) is 23.5 Å². The summed E-state index contributed by atoms with van der Waals surface area (Å²) in [7, 11) is 0. The van der Waals surface area contributed by atoms with E-state index in [2.05, 4.69) is 13.8 Å². The Hall–Kier alpha value is -1.38. The first kappa shape index (κ1) is 13.7. The summed E-state index contributed by atoms with van der Waals surface area (Å²) in [6, 6.07) is 0. The van der Waals surface area contributed by atoms with Gasteiger partial charge in [-0.15, -0.1) is 0 Å². The Bertz CT molecular complexity index is 362. The highest BCUT2D eigenvalue weighted by Crippen LogP contribution is 2.18. The van der Waals surface area contributed by atoms with Crippen LogP contribution in [0.4, 0.5) is 0 Å². The molecule has 3 heteroatoms. The monoisotopic (exact) mass is 236 g/mol. The van der Waals surface area contributed by atoms with Gasteiger partial charge in [0.15, 0.2) is 11.5 Å². The molecule has 0 aromatic carbocycles. The van der Waals surface area contributed by atoms with Crippen molar-refractivity contribution in [3.8, 4) is 0 Å². The Morgan fingerprint density at radius 2 is 1.82 bits per heavy atom. The van der Waals surface area contributed by atoms with Gasteiger partial charge in [0.05, 0.1) is 0 Å². The van der Waals surface area contributed by atoms with E-state index in [1.807, 2.05) is 0 Å². The highest BCUT2D eigenvalue weighted by Gasteiger charge is 2.20. The lowest BCUT2D eigenvalue weighted by molar-refractivity contribution is -0.117. The summed E-state index contributed by atoms with van der Waals surface area (Å²) in [6.45, 7) is 4.38. The summed E-state index contributed by atoms with van der Waals surface area (Å²) in [5, 5.41) is 9.24. The van der Waals surface area contributed by atoms with Gasteiger partial charge in [-0.3, -0.25) is 9.59 Å². The van der Waals surface area contributed by atoms with Crippen molar-refractivity contribution in [2.24, 2.45) is 5.92 Å². The second-order valence-corrected chi connectivity index (χ2v) is 4.92. The zero-order valence-corrected chi connectivity index (χ0v) is 10.5. The summed E-state index contributed by atoms with van der Waals surface area (Å²) in [4.78, 5) is 22.6. The lowest BCUT2D eigenvalue weighted by Gasteiger charge is -2.09. The highest BCUT2D eigenvalue weighted by molar-refractivity contribution is 6.19. The highest BCUT2D eigenvalue weighted by atomic mass is 16.3. The van der Waals surface area contributed by atoms with Crippen LogP contribution < -0.4 is 0 Å². The normalized spacial score (nSPS) is 16.2. The van der Waals surface area contributed by atoms with Crippen LogP contribution in [0.2, 0.25) is 0 Å². The molecule has 1 aliphatic rings. The predicted octanol–water partition coefficient (Wildman–Crippen LogP) is 3.11. The molecule has 17 heavy (non-hydrogen) atoms. The van der Waals surface area contributed by atoms with Crippen molar-refractivity contribution < 1.29 is 14.7 Å². The zero-order valence-electron chi connectivity index (χ0n) is 10.5. The SMILES string of the molecule is CC(C)CCCCCC1=CC(=O)C=C(O)C1=O. The number of aliphatic hydroxyl groups excluding tert-OH is 1. The maximum absolute atomic E-state index is 11.5. The molecule has 0 fully saturated rings. The van der Waals surface area contributed by atoms with Gasteiger partial charge in [-0.25, -0.2) is 0 Å². The molecule has 0 atom stereocenters. The molecule has 0 spiro atoms. The van der Waals surface area contributed by atoms with Crippen LogP contribution in [-0.2, 0) is 9.59 Å². The van der Waals surface area contributed by atoms with Gasteiger partial charge in [-0.2, -0.15) is 0 Å². The number of Topliss-reactive ketones (excluding diaryl/α,β-unsaturated/α-hetero) is 1. The molecule has 94 valence electrons. The Morgan fingerprint density at radius 1 is 1.12 bits per heavy atom. The summed E-state index contributed by atoms with van der Waals surface area (Å²) < 4.78 is 0. The van der Waals surface area contributed by atoms with Crippen molar-refractivity contribution in [1.29, 1.82) is 0 Å². The van der Waals surface area contributed by atoms with E-state index in [-0.39, 0.29) is 5.78 Å². The van der Waals surface area contributed by atoms with Gasteiger partial charge in [0.25, 0.3) is 0 Å². The number of ketones is 2. The Morgan fingerprint density at radius 3 is 2.47 bits per heavy atom. The Kier molecular flexibility index (Phi) is 5.13. The van der Waals surface area contributed by atoms with E-state index in [9.17, 15) is 14.7 Å². The number of unbranched alkanes of at least 4 members (excludes halogenated alkanes) is 2. The minimum atomic E-state index is -0.422. The number of hydrogen-bond donors (Lipinski definition) is 1. The molecular formula is C14H20O3. The molecular weight excluding hydrogens is 216 g/mol. The number of carbonyl (C=O) groups is 2. The van der Waals surface area contributed by atoms with Crippen LogP contribution in [0, 0.1) is 5.92 Å². The van der Waals surface area contributed by atoms with E-state index in [1.54, 1.807) is 0 Å². The van der Waals surface area contributed by atoms with Crippen LogP contribution in [0.5, 0.6) is 0 Å². The zero-order chi connectivity index (χ0) is 12.8. The van der Waals surface area contributed by atoms with Gasteiger partial charge in [0, 0.05) is 11.6 Å². The van der Waals surface area contributed by atoms with Crippen LogP contribution in [0.25, 0.3) is 0 Å². The fraction of sp³-hybridized carbons (Fsp3) is 0.571. The second-order valence-electron chi connectivity index (χ2n) is 4.92. The van der Waals surface area contributed by atoms with Gasteiger partial charge in [0.1, 0.15) is 0 Å². The van der Waals surface area contributed by atoms with Crippen molar-refractivity contribution in [3.05, 3.63) is 23.5 Å². The summed E-state index contributed by atoms with van der Waals surface area (Å²) in [5.41, 5.74) is 0.444. The molecule has 0 saturated carbocycles. The molecule has 0 radical (unpaired) electrons. The first-order valence-corrected chi connectivity index (χ1v) is 6.20. The van der Waals surface area contributed by atoms with Crippen molar-refractivity contribution in [3.63, 3.8) is 0 Å². The van der Waals surface area contributed by atoms with Crippen molar-refractivity contribution in [2.45, 2.75) is 46.0 Å². The summed E-state index contributed by atoms with van der Waals surface area (Å²) >= 11 is 0. The fourth-order valence-corrected chi connectivity index (χ4v) is 1.87. The molecule has 0 heterocycles. The molecule has 0 unspecified atom stereocenters. The lowest BCUT2D eigenvalue weighted by atomic mass is 9.96. The standard InChI is InChI=1S/C14H20O3/c1-10(2)6-4-3-5-7-11-8-12(15)9-13(16)14(11)17/h8-10,16H,3-7H2,1-2H3. The third-order valence-electron chi connectivity index (χ3n) is 2.85. The molecule has 3 nitrogen and oxygen atoms in total. The van der Waals surface area contributed by atoms with Gasteiger partial charge in [-0.1, -0.05) is 33.1 Å². The third-order valence-corrected chi connectivity index (χ3v) is 2.85. The van der Waals surface area contributed by atoms with Crippen molar-refractivity contribution in [2.75, 3.05) is 0 Å². The average molecular weight is 236 g/mol. The first-order chi connectivity index (χ1) is 8.00. The van der Waals surface area contributed by atoms with E-state index >= 15 is 0 Å². The number of carbonyl (C=O) groups excluding carboxylic acids is 2. The maximum Gasteiger partial charge on any atom is 0.223 e. The molecule has 0 aliphatic heterocycles. The molecule has 0 aromatic rings. The lowest BCUT2D eigenvalue weighted by Crippen LogP contribution is -2.13. The molecule has 1 rings (SSSR count). The molecule has 0 bridgehead atoms. The number of allylic oxidation sites excluding steroid dienone is 3. The largest absolute Gasteiger partial charge is 0.504 e. The molecule has 1 aliphatic carbocycles. The summed E-state index contributed by atoms with van der Waals surface area (Å²) in [5.74, 6) is -0.401. The van der Waals surface area contributed by atoms with Crippen LogP contribution in [-0.4, -0.2) is 16.7 Å². The molecule has 0 amide bonds. The molecule has 1 N–H and O–H groups in total. The Balaban J connectivity index is 2.32. The number of aliphatic hydroxyl groups is 1.